The van der Waals surface area contributed by atoms with Crippen molar-refractivity contribution in [1.29, 1.82) is 0 Å². The number of rotatable bonds is 3. The molecule has 0 saturated carbocycles. The lowest BCUT2D eigenvalue weighted by atomic mass is 10.1. The van der Waals surface area contributed by atoms with Crippen LogP contribution in [0.15, 0.2) is 41.4 Å². The molecule has 4 rings (SSSR count). The molecule has 8 heteroatoms. The van der Waals surface area contributed by atoms with Crippen molar-refractivity contribution < 1.29 is 8.42 Å². The lowest BCUT2D eigenvalue weighted by Crippen LogP contribution is -2.39. The zero-order chi connectivity index (χ0) is 20.1. The number of anilines is 1. The molecule has 2 atom stereocenters. The van der Waals surface area contributed by atoms with E-state index in [4.69, 9.17) is 28.2 Å². The van der Waals surface area contributed by atoms with Crippen molar-refractivity contribution >= 4 is 55.7 Å². The Balaban J connectivity index is 1.64. The third-order valence-corrected chi connectivity index (χ3v) is 8.35. The minimum absolute atomic E-state index is 0.0934. The summed E-state index contributed by atoms with van der Waals surface area (Å²) in [4.78, 5) is 6.76. The number of aliphatic imine (C=N–C) groups is 1. The van der Waals surface area contributed by atoms with Crippen molar-refractivity contribution in [2.75, 3.05) is 16.4 Å². The molecule has 2 aromatic rings. The van der Waals surface area contributed by atoms with Crippen LogP contribution >= 0.6 is 35.0 Å². The van der Waals surface area contributed by atoms with Crippen LogP contribution in [0.2, 0.25) is 10.0 Å². The average Bonchev–Trinajstić information content (AvgIpc) is 3.06. The smallest absolute Gasteiger partial charge is 0.164 e. The predicted molar refractivity (Wildman–Crippen MR) is 120 cm³/mol. The minimum atomic E-state index is -3.09. The number of benzene rings is 2. The van der Waals surface area contributed by atoms with Crippen LogP contribution in [-0.2, 0) is 15.6 Å². The summed E-state index contributed by atoms with van der Waals surface area (Å²) in [6, 6.07) is 11.3. The van der Waals surface area contributed by atoms with E-state index >= 15 is 0 Å². The first kappa shape index (κ1) is 20.1. The van der Waals surface area contributed by atoms with Gasteiger partial charge in [0.2, 0.25) is 0 Å². The molecule has 2 aliphatic rings. The maximum absolute atomic E-state index is 12.2. The van der Waals surface area contributed by atoms with Crippen LogP contribution in [0.25, 0.3) is 0 Å². The maximum atomic E-state index is 12.2. The standard InChI is InChI=1S/C20H20Cl2N2O2S2/c1-12-3-4-14(5-13(12)2)9-27-20-23-18-10-28(25,26)11-19(18)24(20)17-7-15(21)6-16(22)8-17/h3-8,18-19H,9-11H2,1-2H3/t18-,19+/m1/s1. The van der Waals surface area contributed by atoms with Crippen molar-refractivity contribution in [2.45, 2.75) is 31.7 Å². The Morgan fingerprint density at radius 2 is 1.79 bits per heavy atom. The largest absolute Gasteiger partial charge is 0.315 e. The van der Waals surface area contributed by atoms with E-state index in [0.29, 0.717) is 10.0 Å². The van der Waals surface area contributed by atoms with Crippen molar-refractivity contribution in [3.05, 3.63) is 63.1 Å². The molecule has 0 aliphatic carbocycles. The molecule has 2 aliphatic heterocycles. The lowest BCUT2D eigenvalue weighted by Gasteiger charge is -2.27. The van der Waals surface area contributed by atoms with Crippen LogP contribution in [0.4, 0.5) is 5.69 Å². The highest BCUT2D eigenvalue weighted by Crippen LogP contribution is 2.38. The molecule has 148 valence electrons. The first-order chi connectivity index (χ1) is 13.2. The van der Waals surface area contributed by atoms with E-state index < -0.39 is 9.84 Å². The normalized spacial score (nSPS) is 23.0. The van der Waals surface area contributed by atoms with E-state index in [2.05, 4.69) is 32.0 Å². The number of hydrogen-bond acceptors (Lipinski definition) is 5. The summed E-state index contributed by atoms with van der Waals surface area (Å²) in [7, 11) is -3.09. The molecule has 0 spiro atoms. The Kier molecular flexibility index (Phi) is 5.42. The lowest BCUT2D eigenvalue weighted by molar-refractivity contribution is 0.601. The van der Waals surface area contributed by atoms with Crippen molar-refractivity contribution in [3.63, 3.8) is 0 Å². The van der Waals surface area contributed by atoms with Gasteiger partial charge >= 0.3 is 0 Å². The van der Waals surface area contributed by atoms with Crippen LogP contribution in [0.3, 0.4) is 0 Å². The van der Waals surface area contributed by atoms with Crippen LogP contribution in [0.5, 0.6) is 0 Å². The number of nitrogens with zero attached hydrogens (tertiary/aromatic N) is 2. The van der Waals surface area contributed by atoms with Crippen LogP contribution in [0.1, 0.15) is 16.7 Å². The Bertz CT molecular complexity index is 1050. The molecule has 28 heavy (non-hydrogen) atoms. The second-order valence-corrected chi connectivity index (χ2v) is 11.3. The van der Waals surface area contributed by atoms with Gasteiger partial charge in [0.15, 0.2) is 15.0 Å². The fourth-order valence-corrected chi connectivity index (χ4v) is 7.08. The third-order valence-electron chi connectivity index (χ3n) is 5.17. The van der Waals surface area contributed by atoms with Gasteiger partial charge in [-0.25, -0.2) is 8.42 Å². The summed E-state index contributed by atoms with van der Waals surface area (Å²) in [5, 5.41) is 1.86. The second-order valence-electron chi connectivity index (χ2n) is 7.33. The Morgan fingerprint density at radius 1 is 1.07 bits per heavy atom. The summed E-state index contributed by atoms with van der Waals surface area (Å²) < 4.78 is 24.3. The summed E-state index contributed by atoms with van der Waals surface area (Å²) in [5.41, 5.74) is 4.52. The van der Waals surface area contributed by atoms with Crippen molar-refractivity contribution in [1.82, 2.24) is 0 Å². The zero-order valence-electron chi connectivity index (χ0n) is 15.5. The van der Waals surface area contributed by atoms with Gasteiger partial charge in [-0.2, -0.15) is 0 Å². The third kappa shape index (κ3) is 4.06. The Labute approximate surface area is 179 Å². The Morgan fingerprint density at radius 3 is 2.46 bits per heavy atom. The number of aryl methyl sites for hydroxylation is 2. The molecule has 1 fully saturated rings. The SMILES string of the molecule is Cc1ccc(CSC2=N[C@@H]3CS(=O)(=O)C[C@@H]3N2c2cc(Cl)cc(Cl)c2)cc1C. The molecular formula is C20H20Cl2N2O2S2. The van der Waals surface area contributed by atoms with Crippen LogP contribution in [0, 0.1) is 13.8 Å². The van der Waals surface area contributed by atoms with Gasteiger partial charge in [0.05, 0.1) is 23.6 Å². The first-order valence-corrected chi connectivity index (χ1v) is 12.5. The molecule has 2 heterocycles. The van der Waals surface area contributed by atoms with Crippen LogP contribution < -0.4 is 4.90 Å². The summed E-state index contributed by atoms with van der Waals surface area (Å²) in [6.07, 6.45) is 0. The van der Waals surface area contributed by atoms with Crippen LogP contribution in [-0.4, -0.2) is 37.2 Å². The number of amidine groups is 1. The molecule has 0 N–H and O–H groups in total. The van der Waals surface area contributed by atoms with E-state index in [1.807, 2.05) is 17.0 Å². The van der Waals surface area contributed by atoms with E-state index in [9.17, 15) is 8.42 Å². The van der Waals surface area contributed by atoms with E-state index in [-0.39, 0.29) is 23.6 Å². The van der Waals surface area contributed by atoms with E-state index in [1.165, 1.54) is 16.7 Å². The number of halogens is 2. The highest BCUT2D eigenvalue weighted by Gasteiger charge is 2.47. The van der Waals surface area contributed by atoms with Crippen molar-refractivity contribution in [3.8, 4) is 0 Å². The van der Waals surface area contributed by atoms with Gasteiger partial charge in [0, 0.05) is 21.5 Å². The number of hydrogen-bond donors (Lipinski definition) is 0. The number of sulfone groups is 1. The molecular weight excluding hydrogens is 435 g/mol. The summed E-state index contributed by atoms with van der Waals surface area (Å²) in [6.45, 7) is 4.20. The molecule has 0 aromatic heterocycles. The van der Waals surface area contributed by atoms with E-state index in [1.54, 1.807) is 17.8 Å². The van der Waals surface area contributed by atoms with Crippen molar-refractivity contribution in [2.24, 2.45) is 4.99 Å². The van der Waals surface area contributed by atoms with Gasteiger partial charge in [-0.15, -0.1) is 0 Å². The molecule has 0 radical (unpaired) electrons. The molecule has 2 aromatic carbocycles. The monoisotopic (exact) mass is 454 g/mol. The van der Waals surface area contributed by atoms with Gasteiger partial charge in [0.25, 0.3) is 0 Å². The van der Waals surface area contributed by atoms with Gasteiger partial charge in [0.1, 0.15) is 0 Å². The quantitative estimate of drug-likeness (QED) is 0.662. The van der Waals surface area contributed by atoms with Gasteiger partial charge < -0.3 is 4.90 Å². The van der Waals surface area contributed by atoms with E-state index in [0.717, 1.165) is 16.6 Å². The minimum Gasteiger partial charge on any atom is -0.315 e. The molecule has 0 amide bonds. The number of fused-ring (bicyclic) bond motifs is 1. The van der Waals surface area contributed by atoms with Gasteiger partial charge in [-0.05, 0) is 48.7 Å². The zero-order valence-corrected chi connectivity index (χ0v) is 18.7. The Hall–Kier alpha value is -1.21. The molecule has 0 unspecified atom stereocenters. The number of thioether (sulfide) groups is 1. The van der Waals surface area contributed by atoms with Gasteiger partial charge in [-0.1, -0.05) is 53.2 Å². The fourth-order valence-electron chi connectivity index (χ4n) is 3.65. The first-order valence-electron chi connectivity index (χ1n) is 8.94. The average molecular weight is 455 g/mol. The molecule has 1 saturated heterocycles. The maximum Gasteiger partial charge on any atom is 0.164 e. The second kappa shape index (κ2) is 7.56. The highest BCUT2D eigenvalue weighted by molar-refractivity contribution is 8.13. The van der Waals surface area contributed by atoms with Gasteiger partial charge in [-0.3, -0.25) is 4.99 Å². The fraction of sp³-hybridized carbons (Fsp3) is 0.350. The summed E-state index contributed by atoms with van der Waals surface area (Å²) >= 11 is 14.0. The summed E-state index contributed by atoms with van der Waals surface area (Å²) in [5.74, 6) is 0.951. The topological polar surface area (TPSA) is 49.7 Å². The molecule has 0 bridgehead atoms. The highest BCUT2D eigenvalue weighted by atomic mass is 35.5. The molecule has 4 nitrogen and oxygen atoms in total. The predicted octanol–water partition coefficient (Wildman–Crippen LogP) is 4.89.